The summed E-state index contributed by atoms with van der Waals surface area (Å²) in [4.78, 5) is 22.9. The molecule has 0 aromatic heterocycles. The Labute approximate surface area is 73.1 Å². The summed E-state index contributed by atoms with van der Waals surface area (Å²) in [5, 5.41) is 0. The van der Waals surface area contributed by atoms with E-state index in [4.69, 9.17) is 0 Å². The highest BCUT2D eigenvalue weighted by Crippen LogP contribution is 2.37. The lowest BCUT2D eigenvalue weighted by molar-refractivity contribution is -0.311. The summed E-state index contributed by atoms with van der Waals surface area (Å²) >= 11 is 0. The molecule has 12 heavy (non-hydrogen) atoms. The Balaban J connectivity index is 4.68. The summed E-state index contributed by atoms with van der Waals surface area (Å²) in [5.41, 5.74) is -0.104. The molecule has 0 aliphatic carbocycles. The van der Waals surface area contributed by atoms with Crippen molar-refractivity contribution in [2.75, 3.05) is 13.1 Å². The van der Waals surface area contributed by atoms with Crippen LogP contribution in [0.1, 0.15) is 20.8 Å². The van der Waals surface area contributed by atoms with Crippen molar-refractivity contribution in [1.82, 2.24) is 4.90 Å². The summed E-state index contributed by atoms with van der Waals surface area (Å²) in [6.45, 7) is 6.23. The van der Waals surface area contributed by atoms with Gasteiger partial charge in [0, 0.05) is 18.5 Å². The van der Waals surface area contributed by atoms with Crippen LogP contribution in [0.25, 0.3) is 0 Å². The fourth-order valence-corrected chi connectivity index (χ4v) is 2.01. The van der Waals surface area contributed by atoms with Crippen molar-refractivity contribution in [3.63, 3.8) is 0 Å². The molecule has 0 radical (unpaired) electrons. The van der Waals surface area contributed by atoms with Gasteiger partial charge in [0.1, 0.15) is 0 Å². The van der Waals surface area contributed by atoms with Crippen molar-refractivity contribution in [3.8, 4) is 0 Å². The van der Waals surface area contributed by atoms with Gasteiger partial charge in [-0.3, -0.25) is 0 Å². The van der Waals surface area contributed by atoms with Crippen LogP contribution in [-0.4, -0.2) is 18.0 Å². The predicted molar refractivity (Wildman–Crippen MR) is 44.3 cm³/mol. The summed E-state index contributed by atoms with van der Waals surface area (Å²) in [6.07, 6.45) is 1.34. The second kappa shape index (κ2) is 4.65. The molecule has 0 fully saturated rings. The van der Waals surface area contributed by atoms with Crippen LogP contribution < -0.4 is 9.79 Å². The molecule has 0 aliphatic rings. The maximum absolute atomic E-state index is 10.7. The number of nitrogens with zero attached hydrogens (tertiary/aromatic N) is 1. The Bertz CT molecular complexity index is 205. The molecular formula is C7H14NO3P-2. The van der Waals surface area contributed by atoms with Crippen molar-refractivity contribution >= 4 is 7.60 Å². The largest absolute Gasteiger partial charge is 0.806 e. The maximum atomic E-state index is 10.7. The molecule has 5 heteroatoms. The van der Waals surface area contributed by atoms with Gasteiger partial charge in [-0.25, -0.2) is 0 Å². The minimum Gasteiger partial charge on any atom is -0.806 e. The first-order chi connectivity index (χ1) is 5.47. The summed E-state index contributed by atoms with van der Waals surface area (Å²) in [7, 11) is -4.58. The van der Waals surface area contributed by atoms with Gasteiger partial charge in [0.15, 0.2) is 0 Å². The van der Waals surface area contributed by atoms with E-state index in [1.165, 1.54) is 11.0 Å². The fraction of sp³-hybridized carbons (Fsp3) is 0.714. The van der Waals surface area contributed by atoms with Gasteiger partial charge in [0.25, 0.3) is 0 Å². The van der Waals surface area contributed by atoms with Crippen molar-refractivity contribution in [3.05, 3.63) is 11.5 Å². The molecular weight excluding hydrogens is 177 g/mol. The number of allylic oxidation sites excluding steroid dienone is 1. The molecule has 0 aromatic carbocycles. The third-order valence-corrected chi connectivity index (χ3v) is 2.73. The maximum Gasteiger partial charge on any atom is 0.0412 e. The fourth-order valence-electron chi connectivity index (χ4n) is 1.06. The van der Waals surface area contributed by atoms with Crippen LogP contribution in [0.4, 0.5) is 0 Å². The van der Waals surface area contributed by atoms with Crippen LogP contribution in [0, 0.1) is 0 Å². The van der Waals surface area contributed by atoms with E-state index < -0.39 is 7.60 Å². The number of hydrogen-bond acceptors (Lipinski definition) is 4. The first-order valence-corrected chi connectivity index (χ1v) is 5.45. The van der Waals surface area contributed by atoms with Crippen LogP contribution in [0.15, 0.2) is 11.5 Å². The highest BCUT2D eigenvalue weighted by Gasteiger charge is 2.07. The van der Waals surface area contributed by atoms with Crippen LogP contribution in [-0.2, 0) is 4.57 Å². The van der Waals surface area contributed by atoms with E-state index in [-0.39, 0.29) is 5.44 Å². The van der Waals surface area contributed by atoms with Crippen LogP contribution in [0.2, 0.25) is 0 Å². The molecule has 0 saturated carbocycles. The standard InChI is InChI=1S/C7H16NO3P/c1-4-7(12(9,10)11)8(5-2)6-3/h4H,5-6H2,1-3H3,(H2,9,10,11)/p-2/b7-4-. The monoisotopic (exact) mass is 191 g/mol. The lowest BCUT2D eigenvalue weighted by Crippen LogP contribution is -2.29. The minimum atomic E-state index is -4.58. The Morgan fingerprint density at radius 2 is 1.83 bits per heavy atom. The molecule has 0 N–H and O–H groups in total. The van der Waals surface area contributed by atoms with Crippen LogP contribution in [0.3, 0.4) is 0 Å². The first kappa shape index (κ1) is 11.7. The van der Waals surface area contributed by atoms with Gasteiger partial charge in [0.2, 0.25) is 0 Å². The molecule has 0 amide bonds. The third kappa shape index (κ3) is 2.97. The summed E-state index contributed by atoms with van der Waals surface area (Å²) < 4.78 is 10.7. The second-order valence-corrected chi connectivity index (χ2v) is 3.77. The zero-order valence-electron chi connectivity index (χ0n) is 7.61. The Morgan fingerprint density at radius 3 is 1.92 bits per heavy atom. The number of rotatable bonds is 4. The minimum absolute atomic E-state index is 0.104. The lowest BCUT2D eigenvalue weighted by Gasteiger charge is -2.39. The molecule has 0 unspecified atom stereocenters. The second-order valence-electron chi connectivity index (χ2n) is 2.32. The molecule has 0 aliphatic heterocycles. The average Bonchev–Trinajstić information content (AvgIpc) is 1.97. The van der Waals surface area contributed by atoms with Gasteiger partial charge in [-0.1, -0.05) is 6.08 Å². The van der Waals surface area contributed by atoms with E-state index >= 15 is 0 Å². The Kier molecular flexibility index (Phi) is 4.53. The molecule has 0 heterocycles. The van der Waals surface area contributed by atoms with Crippen molar-refractivity contribution in [2.45, 2.75) is 20.8 Å². The summed E-state index contributed by atoms with van der Waals surface area (Å²) in [5.74, 6) is 0. The van der Waals surface area contributed by atoms with Gasteiger partial charge in [-0.15, -0.1) is 0 Å². The van der Waals surface area contributed by atoms with Crippen LogP contribution >= 0.6 is 7.60 Å². The van der Waals surface area contributed by atoms with E-state index in [0.717, 1.165) is 0 Å². The van der Waals surface area contributed by atoms with Crippen molar-refractivity contribution < 1.29 is 14.4 Å². The molecule has 0 bridgehead atoms. The normalized spacial score (nSPS) is 13.2. The Hall–Kier alpha value is -0.310. The molecule has 72 valence electrons. The average molecular weight is 191 g/mol. The van der Waals surface area contributed by atoms with Gasteiger partial charge in [-0.2, -0.15) is 0 Å². The van der Waals surface area contributed by atoms with Gasteiger partial charge in [-0.05, 0) is 28.4 Å². The van der Waals surface area contributed by atoms with E-state index in [1.54, 1.807) is 6.92 Å². The molecule has 0 aromatic rings. The van der Waals surface area contributed by atoms with E-state index in [0.29, 0.717) is 13.1 Å². The van der Waals surface area contributed by atoms with Crippen LogP contribution in [0.5, 0.6) is 0 Å². The molecule has 0 rings (SSSR count). The van der Waals surface area contributed by atoms with Crippen molar-refractivity contribution in [2.24, 2.45) is 0 Å². The number of hydrogen-bond donors (Lipinski definition) is 0. The lowest BCUT2D eigenvalue weighted by atomic mass is 10.5. The SMILES string of the molecule is C/C=C(/N(CC)CC)P(=O)([O-])[O-]. The summed E-state index contributed by atoms with van der Waals surface area (Å²) in [6, 6.07) is 0. The predicted octanol–water partition coefficient (Wildman–Crippen LogP) is 0.103. The van der Waals surface area contributed by atoms with E-state index in [2.05, 4.69) is 0 Å². The molecule has 0 saturated heterocycles. The van der Waals surface area contributed by atoms with E-state index in [9.17, 15) is 14.4 Å². The third-order valence-electron chi connectivity index (χ3n) is 1.63. The zero-order valence-corrected chi connectivity index (χ0v) is 8.51. The molecule has 0 spiro atoms. The highest BCUT2D eigenvalue weighted by molar-refractivity contribution is 7.53. The van der Waals surface area contributed by atoms with Gasteiger partial charge < -0.3 is 19.3 Å². The first-order valence-electron chi connectivity index (χ1n) is 3.91. The van der Waals surface area contributed by atoms with Gasteiger partial charge in [0.05, 0.1) is 0 Å². The molecule has 0 atom stereocenters. The quantitative estimate of drug-likeness (QED) is 0.591. The van der Waals surface area contributed by atoms with E-state index in [1.807, 2.05) is 13.8 Å². The highest BCUT2D eigenvalue weighted by atomic mass is 31.2. The van der Waals surface area contributed by atoms with Gasteiger partial charge >= 0.3 is 0 Å². The Morgan fingerprint density at radius 1 is 1.42 bits per heavy atom. The zero-order chi connectivity index (χ0) is 9.78. The molecule has 4 nitrogen and oxygen atoms in total. The van der Waals surface area contributed by atoms with Crippen molar-refractivity contribution in [1.29, 1.82) is 0 Å². The topological polar surface area (TPSA) is 66.4 Å². The smallest absolute Gasteiger partial charge is 0.0412 e.